The van der Waals surface area contributed by atoms with E-state index in [1.165, 1.54) is 21.8 Å². The summed E-state index contributed by atoms with van der Waals surface area (Å²) in [5.41, 5.74) is 6.44. The number of fused-ring (bicyclic) bond motifs is 1. The highest BCUT2D eigenvalue weighted by Crippen LogP contribution is 2.32. The minimum atomic E-state index is -0.488. The zero-order valence-electron chi connectivity index (χ0n) is 14.5. The number of hydrazine groups is 1. The molecule has 1 aliphatic carbocycles. The first-order valence-corrected chi connectivity index (χ1v) is 9.38. The van der Waals surface area contributed by atoms with Gasteiger partial charge in [-0.05, 0) is 48.9 Å². The Kier molecular flexibility index (Phi) is 5.68. The van der Waals surface area contributed by atoms with Gasteiger partial charge in [0.15, 0.2) is 0 Å². The number of carbonyl (C=O) groups is 3. The van der Waals surface area contributed by atoms with Gasteiger partial charge in [0.25, 0.3) is 17.7 Å². The van der Waals surface area contributed by atoms with E-state index < -0.39 is 5.91 Å². The van der Waals surface area contributed by atoms with Crippen LogP contribution in [0.25, 0.3) is 0 Å². The molecular formula is C19H21N3O3S. The molecule has 0 fully saturated rings. The van der Waals surface area contributed by atoms with Crippen molar-refractivity contribution in [1.29, 1.82) is 0 Å². The summed E-state index contributed by atoms with van der Waals surface area (Å²) in [7, 11) is 0. The highest BCUT2D eigenvalue weighted by molar-refractivity contribution is 7.14. The third kappa shape index (κ3) is 4.49. The van der Waals surface area contributed by atoms with Crippen LogP contribution in [-0.2, 0) is 17.6 Å². The predicted molar refractivity (Wildman–Crippen MR) is 99.9 cm³/mol. The van der Waals surface area contributed by atoms with Crippen molar-refractivity contribution in [1.82, 2.24) is 16.2 Å². The SMILES string of the molecule is CC1CCc2sc(C(=O)NNC(=O)CNC(=O)c3ccccc3)cc2C1. The average Bonchev–Trinajstić information content (AvgIpc) is 3.08. The molecule has 1 atom stereocenters. The fourth-order valence-corrected chi connectivity index (χ4v) is 4.01. The van der Waals surface area contributed by atoms with Crippen molar-refractivity contribution >= 4 is 29.1 Å². The van der Waals surface area contributed by atoms with Gasteiger partial charge in [-0.25, -0.2) is 0 Å². The first-order valence-electron chi connectivity index (χ1n) is 8.57. The molecule has 0 saturated heterocycles. The molecule has 0 radical (unpaired) electrons. The lowest BCUT2D eigenvalue weighted by molar-refractivity contribution is -0.120. The molecular weight excluding hydrogens is 350 g/mol. The number of rotatable bonds is 4. The molecule has 1 aromatic heterocycles. The quantitative estimate of drug-likeness (QED) is 0.719. The summed E-state index contributed by atoms with van der Waals surface area (Å²) >= 11 is 1.48. The molecule has 1 aliphatic rings. The fourth-order valence-electron chi connectivity index (χ4n) is 2.90. The number of nitrogens with one attached hydrogen (secondary N) is 3. The second-order valence-corrected chi connectivity index (χ2v) is 7.59. The number of carbonyl (C=O) groups excluding carboxylic acids is 3. The van der Waals surface area contributed by atoms with Crippen molar-refractivity contribution in [3.63, 3.8) is 0 Å². The smallest absolute Gasteiger partial charge is 0.279 e. The Hall–Kier alpha value is -2.67. The minimum Gasteiger partial charge on any atom is -0.343 e. The summed E-state index contributed by atoms with van der Waals surface area (Å²) in [5, 5.41) is 2.51. The zero-order chi connectivity index (χ0) is 18.5. The largest absolute Gasteiger partial charge is 0.343 e. The van der Waals surface area contributed by atoms with Crippen molar-refractivity contribution in [2.45, 2.75) is 26.2 Å². The lowest BCUT2D eigenvalue weighted by atomic mass is 9.90. The van der Waals surface area contributed by atoms with E-state index in [9.17, 15) is 14.4 Å². The maximum Gasteiger partial charge on any atom is 0.279 e. The normalized spacial score (nSPS) is 15.7. The Balaban J connectivity index is 1.46. The van der Waals surface area contributed by atoms with Gasteiger partial charge in [-0.3, -0.25) is 25.2 Å². The molecule has 0 saturated carbocycles. The minimum absolute atomic E-state index is 0.216. The lowest BCUT2D eigenvalue weighted by Gasteiger charge is -2.16. The standard InChI is InChI=1S/C19H21N3O3S/c1-12-7-8-15-14(9-12)10-16(26-15)19(25)22-21-17(23)11-20-18(24)13-5-3-2-4-6-13/h2-6,10,12H,7-9,11H2,1H3,(H,20,24)(H,21,23)(H,22,25). The zero-order valence-corrected chi connectivity index (χ0v) is 15.3. The number of hydrogen-bond acceptors (Lipinski definition) is 4. The highest BCUT2D eigenvalue weighted by Gasteiger charge is 2.20. The van der Waals surface area contributed by atoms with Crippen LogP contribution < -0.4 is 16.2 Å². The van der Waals surface area contributed by atoms with E-state index in [4.69, 9.17) is 0 Å². The van der Waals surface area contributed by atoms with Gasteiger partial charge in [0.1, 0.15) is 0 Å². The van der Waals surface area contributed by atoms with Crippen molar-refractivity contribution in [3.05, 3.63) is 57.3 Å². The number of hydrogen-bond donors (Lipinski definition) is 3. The van der Waals surface area contributed by atoms with Gasteiger partial charge < -0.3 is 5.32 Å². The molecule has 3 rings (SSSR count). The molecule has 7 heteroatoms. The summed E-state index contributed by atoms with van der Waals surface area (Å²) in [4.78, 5) is 37.7. The van der Waals surface area contributed by atoms with Gasteiger partial charge >= 0.3 is 0 Å². The number of benzene rings is 1. The number of thiophene rings is 1. The summed E-state index contributed by atoms with van der Waals surface area (Å²) in [5.74, 6) is -0.523. The first-order chi connectivity index (χ1) is 12.5. The molecule has 26 heavy (non-hydrogen) atoms. The van der Waals surface area contributed by atoms with Crippen LogP contribution in [-0.4, -0.2) is 24.3 Å². The van der Waals surface area contributed by atoms with E-state index in [0.29, 0.717) is 16.4 Å². The predicted octanol–water partition coefficient (Wildman–Crippen LogP) is 2.06. The van der Waals surface area contributed by atoms with Crippen LogP contribution >= 0.6 is 11.3 Å². The van der Waals surface area contributed by atoms with Crippen LogP contribution in [0.3, 0.4) is 0 Å². The molecule has 0 aliphatic heterocycles. The maximum atomic E-state index is 12.2. The molecule has 3 N–H and O–H groups in total. The third-order valence-electron chi connectivity index (χ3n) is 4.31. The van der Waals surface area contributed by atoms with Crippen LogP contribution in [0.4, 0.5) is 0 Å². The van der Waals surface area contributed by atoms with Crippen molar-refractivity contribution in [2.75, 3.05) is 6.54 Å². The molecule has 6 nitrogen and oxygen atoms in total. The number of aryl methyl sites for hydroxylation is 1. The Labute approximate surface area is 156 Å². The topological polar surface area (TPSA) is 87.3 Å². The Bertz CT molecular complexity index is 817. The monoisotopic (exact) mass is 371 g/mol. The summed E-state index contributed by atoms with van der Waals surface area (Å²) < 4.78 is 0. The van der Waals surface area contributed by atoms with Crippen LogP contribution in [0.15, 0.2) is 36.4 Å². The average molecular weight is 371 g/mol. The van der Waals surface area contributed by atoms with Crippen molar-refractivity contribution in [2.24, 2.45) is 5.92 Å². The van der Waals surface area contributed by atoms with Crippen LogP contribution in [0, 0.1) is 5.92 Å². The van der Waals surface area contributed by atoms with E-state index >= 15 is 0 Å². The Morgan fingerprint density at radius 2 is 1.88 bits per heavy atom. The Morgan fingerprint density at radius 3 is 2.65 bits per heavy atom. The lowest BCUT2D eigenvalue weighted by Crippen LogP contribution is -2.46. The fraction of sp³-hybridized carbons (Fsp3) is 0.316. The molecule has 1 heterocycles. The molecule has 3 amide bonds. The van der Waals surface area contributed by atoms with Gasteiger partial charge in [-0.1, -0.05) is 25.1 Å². The Morgan fingerprint density at radius 1 is 1.12 bits per heavy atom. The van der Waals surface area contributed by atoms with E-state index in [2.05, 4.69) is 23.1 Å². The van der Waals surface area contributed by atoms with Gasteiger partial charge in [-0.2, -0.15) is 0 Å². The van der Waals surface area contributed by atoms with Gasteiger partial charge in [0.05, 0.1) is 11.4 Å². The molecule has 2 aromatic rings. The first kappa shape index (κ1) is 18.1. The summed E-state index contributed by atoms with van der Waals surface area (Å²) in [6, 6.07) is 10.5. The second-order valence-electron chi connectivity index (χ2n) is 6.46. The number of amides is 3. The molecule has 0 bridgehead atoms. The maximum absolute atomic E-state index is 12.2. The van der Waals surface area contributed by atoms with Gasteiger partial charge in [-0.15, -0.1) is 11.3 Å². The van der Waals surface area contributed by atoms with Gasteiger partial charge in [0, 0.05) is 10.4 Å². The third-order valence-corrected chi connectivity index (χ3v) is 5.55. The van der Waals surface area contributed by atoms with Crippen molar-refractivity contribution in [3.8, 4) is 0 Å². The highest BCUT2D eigenvalue weighted by atomic mass is 32.1. The summed E-state index contributed by atoms with van der Waals surface area (Å²) in [6.45, 7) is 2.00. The van der Waals surface area contributed by atoms with E-state index in [-0.39, 0.29) is 18.4 Å². The van der Waals surface area contributed by atoms with E-state index in [1.807, 2.05) is 12.1 Å². The van der Waals surface area contributed by atoms with Crippen LogP contribution in [0.2, 0.25) is 0 Å². The van der Waals surface area contributed by atoms with Crippen LogP contribution in [0.1, 0.15) is 43.8 Å². The van der Waals surface area contributed by atoms with E-state index in [1.54, 1.807) is 24.3 Å². The van der Waals surface area contributed by atoms with Crippen molar-refractivity contribution < 1.29 is 14.4 Å². The summed E-state index contributed by atoms with van der Waals surface area (Å²) in [6.07, 6.45) is 3.15. The van der Waals surface area contributed by atoms with E-state index in [0.717, 1.165) is 19.3 Å². The molecule has 136 valence electrons. The molecule has 1 aromatic carbocycles. The van der Waals surface area contributed by atoms with Gasteiger partial charge in [0.2, 0.25) is 0 Å². The molecule has 0 spiro atoms. The second kappa shape index (κ2) is 8.14. The van der Waals surface area contributed by atoms with Crippen LogP contribution in [0.5, 0.6) is 0 Å². The molecule has 1 unspecified atom stereocenters.